The van der Waals surface area contributed by atoms with E-state index in [1.54, 1.807) is 0 Å². The third kappa shape index (κ3) is 3.01. The molecule has 3 heteroatoms. The van der Waals surface area contributed by atoms with Gasteiger partial charge in [-0.2, -0.15) is 0 Å². The second-order valence-corrected chi connectivity index (χ2v) is 5.71. The van der Waals surface area contributed by atoms with Crippen molar-refractivity contribution in [2.75, 3.05) is 13.1 Å². The van der Waals surface area contributed by atoms with Crippen LogP contribution in [-0.2, 0) is 4.79 Å². The average Bonchev–Trinajstić information content (AvgIpc) is 2.79. The molecule has 1 heterocycles. The topological polar surface area (TPSA) is 40.5 Å². The summed E-state index contributed by atoms with van der Waals surface area (Å²) in [5, 5.41) is 9.22. The first-order chi connectivity index (χ1) is 8.22. The van der Waals surface area contributed by atoms with Crippen LogP contribution in [0.1, 0.15) is 51.9 Å². The number of carboxylic acids is 1. The minimum absolute atomic E-state index is 0.0993. The Kier molecular flexibility index (Phi) is 4.43. The first-order valence-corrected chi connectivity index (χ1v) is 7.19. The lowest BCUT2D eigenvalue weighted by atomic mass is 9.90. The van der Waals surface area contributed by atoms with Crippen molar-refractivity contribution >= 4 is 5.97 Å². The van der Waals surface area contributed by atoms with Crippen molar-refractivity contribution in [2.45, 2.75) is 57.9 Å². The molecule has 98 valence electrons. The molecule has 0 aromatic rings. The van der Waals surface area contributed by atoms with Gasteiger partial charge < -0.3 is 5.11 Å². The molecule has 1 aliphatic heterocycles. The molecule has 0 amide bonds. The van der Waals surface area contributed by atoms with Gasteiger partial charge >= 0.3 is 5.97 Å². The molecule has 1 N–H and O–H groups in total. The van der Waals surface area contributed by atoms with Gasteiger partial charge in [-0.25, -0.2) is 0 Å². The summed E-state index contributed by atoms with van der Waals surface area (Å²) in [6.07, 6.45) is 8.25. The van der Waals surface area contributed by atoms with E-state index < -0.39 is 5.97 Å². The molecule has 1 saturated heterocycles. The van der Waals surface area contributed by atoms with Crippen molar-refractivity contribution in [3.63, 3.8) is 0 Å². The number of likely N-dealkylation sites (tertiary alicyclic amines) is 1. The number of hydrogen-bond donors (Lipinski definition) is 1. The van der Waals surface area contributed by atoms with Gasteiger partial charge in [-0.15, -0.1) is 0 Å². The fourth-order valence-electron chi connectivity index (χ4n) is 3.65. The van der Waals surface area contributed by atoms with Gasteiger partial charge in [0.2, 0.25) is 0 Å². The quantitative estimate of drug-likeness (QED) is 0.820. The van der Waals surface area contributed by atoms with E-state index in [0.29, 0.717) is 6.04 Å². The molecule has 2 atom stereocenters. The van der Waals surface area contributed by atoms with E-state index in [0.717, 1.165) is 38.3 Å². The van der Waals surface area contributed by atoms with Crippen molar-refractivity contribution in [3.8, 4) is 0 Å². The van der Waals surface area contributed by atoms with Crippen molar-refractivity contribution in [3.05, 3.63) is 0 Å². The van der Waals surface area contributed by atoms with Gasteiger partial charge in [-0.05, 0) is 44.7 Å². The van der Waals surface area contributed by atoms with Gasteiger partial charge in [-0.3, -0.25) is 9.69 Å². The molecular formula is C14H25NO2. The fourth-order valence-corrected chi connectivity index (χ4v) is 3.65. The summed E-state index contributed by atoms with van der Waals surface area (Å²) in [5.41, 5.74) is 0. The Balaban J connectivity index is 1.85. The van der Waals surface area contributed by atoms with Crippen LogP contribution in [0.25, 0.3) is 0 Å². The molecule has 0 aromatic carbocycles. The first kappa shape index (κ1) is 12.9. The summed E-state index contributed by atoms with van der Waals surface area (Å²) < 4.78 is 0. The third-order valence-electron chi connectivity index (χ3n) is 4.61. The van der Waals surface area contributed by atoms with Gasteiger partial charge in [-0.1, -0.05) is 26.2 Å². The largest absolute Gasteiger partial charge is 0.481 e. The maximum Gasteiger partial charge on any atom is 0.308 e. The van der Waals surface area contributed by atoms with Gasteiger partial charge in [0, 0.05) is 6.04 Å². The third-order valence-corrected chi connectivity index (χ3v) is 4.61. The highest BCUT2D eigenvalue weighted by Gasteiger charge is 2.37. The lowest BCUT2D eigenvalue weighted by Crippen LogP contribution is -2.45. The number of carboxylic acid groups (broad SMARTS) is 1. The average molecular weight is 239 g/mol. The van der Waals surface area contributed by atoms with E-state index in [1.165, 1.54) is 25.7 Å². The van der Waals surface area contributed by atoms with E-state index in [9.17, 15) is 9.90 Å². The second kappa shape index (κ2) is 5.85. The lowest BCUT2D eigenvalue weighted by molar-refractivity contribution is -0.143. The van der Waals surface area contributed by atoms with E-state index in [-0.39, 0.29) is 5.92 Å². The number of hydrogen-bond acceptors (Lipinski definition) is 2. The minimum Gasteiger partial charge on any atom is -0.481 e. The van der Waals surface area contributed by atoms with Gasteiger partial charge in [0.15, 0.2) is 0 Å². The zero-order valence-electron chi connectivity index (χ0n) is 10.9. The summed E-state index contributed by atoms with van der Waals surface area (Å²) in [6.45, 7) is 4.50. The van der Waals surface area contributed by atoms with Crippen LogP contribution in [0.4, 0.5) is 0 Å². The van der Waals surface area contributed by atoms with Crippen LogP contribution in [0.15, 0.2) is 0 Å². The lowest BCUT2D eigenvalue weighted by Gasteiger charge is -2.37. The Hall–Kier alpha value is -0.570. The summed E-state index contributed by atoms with van der Waals surface area (Å²) in [4.78, 5) is 13.7. The SMILES string of the molecule is CCCC1CCN(C2CCCC2C(=O)O)CC1. The Morgan fingerprint density at radius 2 is 1.94 bits per heavy atom. The van der Waals surface area contributed by atoms with Crippen LogP contribution in [0.2, 0.25) is 0 Å². The molecule has 1 saturated carbocycles. The smallest absolute Gasteiger partial charge is 0.308 e. The number of aliphatic carboxylic acids is 1. The molecule has 2 unspecified atom stereocenters. The van der Waals surface area contributed by atoms with Crippen LogP contribution in [0.3, 0.4) is 0 Å². The summed E-state index contributed by atoms with van der Waals surface area (Å²) in [7, 11) is 0. The van der Waals surface area contributed by atoms with Crippen LogP contribution >= 0.6 is 0 Å². The maximum absolute atomic E-state index is 11.2. The Morgan fingerprint density at radius 1 is 1.24 bits per heavy atom. The van der Waals surface area contributed by atoms with E-state index in [4.69, 9.17) is 0 Å². The zero-order valence-corrected chi connectivity index (χ0v) is 10.9. The molecule has 0 bridgehead atoms. The number of nitrogens with zero attached hydrogens (tertiary/aromatic N) is 1. The Morgan fingerprint density at radius 3 is 2.53 bits per heavy atom. The Labute approximate surface area is 104 Å². The predicted molar refractivity (Wildman–Crippen MR) is 68.0 cm³/mol. The molecular weight excluding hydrogens is 214 g/mol. The van der Waals surface area contributed by atoms with Crippen molar-refractivity contribution in [2.24, 2.45) is 11.8 Å². The molecule has 1 aliphatic carbocycles. The van der Waals surface area contributed by atoms with E-state index in [1.807, 2.05) is 0 Å². The molecule has 0 radical (unpaired) electrons. The molecule has 0 spiro atoms. The molecule has 2 aliphatic rings. The predicted octanol–water partition coefficient (Wildman–Crippen LogP) is 2.75. The van der Waals surface area contributed by atoms with Gasteiger partial charge in [0.05, 0.1) is 5.92 Å². The molecule has 0 aromatic heterocycles. The standard InChI is InChI=1S/C14H25NO2/c1-2-4-11-7-9-15(10-8-11)13-6-3-5-12(13)14(16)17/h11-13H,2-10H2,1H3,(H,16,17). The highest BCUT2D eigenvalue weighted by atomic mass is 16.4. The van der Waals surface area contributed by atoms with Crippen LogP contribution in [0.5, 0.6) is 0 Å². The highest BCUT2D eigenvalue weighted by Crippen LogP contribution is 2.33. The van der Waals surface area contributed by atoms with Crippen LogP contribution < -0.4 is 0 Å². The minimum atomic E-state index is -0.580. The number of piperidine rings is 1. The normalized spacial score (nSPS) is 31.8. The summed E-state index contributed by atoms with van der Waals surface area (Å²) >= 11 is 0. The maximum atomic E-state index is 11.2. The molecule has 2 rings (SSSR count). The highest BCUT2D eigenvalue weighted by molar-refractivity contribution is 5.71. The summed E-state index contributed by atoms with van der Waals surface area (Å²) in [5.74, 6) is 0.210. The van der Waals surface area contributed by atoms with Crippen molar-refractivity contribution in [1.29, 1.82) is 0 Å². The van der Waals surface area contributed by atoms with E-state index in [2.05, 4.69) is 11.8 Å². The van der Waals surface area contributed by atoms with Gasteiger partial charge in [0.1, 0.15) is 0 Å². The zero-order chi connectivity index (χ0) is 12.3. The molecule has 17 heavy (non-hydrogen) atoms. The van der Waals surface area contributed by atoms with Crippen molar-refractivity contribution < 1.29 is 9.90 Å². The van der Waals surface area contributed by atoms with Crippen molar-refractivity contribution in [1.82, 2.24) is 4.90 Å². The van der Waals surface area contributed by atoms with Crippen LogP contribution in [-0.4, -0.2) is 35.1 Å². The molecule has 2 fully saturated rings. The van der Waals surface area contributed by atoms with E-state index >= 15 is 0 Å². The van der Waals surface area contributed by atoms with Gasteiger partial charge in [0.25, 0.3) is 0 Å². The first-order valence-electron chi connectivity index (χ1n) is 7.19. The number of carbonyl (C=O) groups is 1. The molecule has 3 nitrogen and oxygen atoms in total. The Bertz CT molecular complexity index is 259. The van der Waals surface area contributed by atoms with Crippen LogP contribution in [0, 0.1) is 11.8 Å². The monoisotopic (exact) mass is 239 g/mol. The number of rotatable bonds is 4. The fraction of sp³-hybridized carbons (Fsp3) is 0.929. The second-order valence-electron chi connectivity index (χ2n) is 5.71. The summed E-state index contributed by atoms with van der Waals surface area (Å²) in [6, 6.07) is 0.329.